The number of carbonyl (C=O) groups is 1. The van der Waals surface area contributed by atoms with Gasteiger partial charge in [-0.1, -0.05) is 24.3 Å². The van der Waals surface area contributed by atoms with Crippen LogP contribution < -0.4 is 24.7 Å². The largest absolute Gasteiger partial charge is 0.494 e. The monoisotopic (exact) mass is 681 g/mol. The number of hydrazone groups is 1. The summed E-state index contributed by atoms with van der Waals surface area (Å²) in [4.78, 5) is 22.0. The molecule has 258 valence electrons. The summed E-state index contributed by atoms with van der Waals surface area (Å²) in [5.74, 6) is 1.32. The first-order valence-corrected chi connectivity index (χ1v) is 16.0. The van der Waals surface area contributed by atoms with E-state index in [-0.39, 0.29) is 5.84 Å². The Kier molecular flexibility index (Phi) is 11.9. The second-order valence-electron chi connectivity index (χ2n) is 11.5. The van der Waals surface area contributed by atoms with E-state index >= 15 is 0 Å². The molecule has 0 spiro atoms. The SMILES string of the molecule is COc1ccccc1N=NC(=Nc1ccc(C(=O)N/N=C(/N=Nc2ccccc2OC)c2ccc(N(C)C)cc2)cc1)c1ccc(N(C)C)cc1. The minimum atomic E-state index is -0.434. The van der Waals surface area contributed by atoms with Gasteiger partial charge in [0.2, 0.25) is 5.84 Å². The van der Waals surface area contributed by atoms with E-state index in [1.54, 1.807) is 50.6 Å². The number of hydrogen-bond donors (Lipinski definition) is 1. The van der Waals surface area contributed by atoms with E-state index in [1.807, 2.05) is 123 Å². The van der Waals surface area contributed by atoms with Crippen LogP contribution in [0.2, 0.25) is 0 Å². The minimum Gasteiger partial charge on any atom is -0.494 e. The maximum absolute atomic E-state index is 13.3. The van der Waals surface area contributed by atoms with E-state index in [9.17, 15) is 4.79 Å². The van der Waals surface area contributed by atoms with Gasteiger partial charge in [0.15, 0.2) is 5.84 Å². The van der Waals surface area contributed by atoms with Gasteiger partial charge in [0.05, 0.1) is 19.9 Å². The van der Waals surface area contributed by atoms with Crippen molar-refractivity contribution in [2.24, 2.45) is 30.6 Å². The summed E-state index contributed by atoms with van der Waals surface area (Å²) in [6, 6.07) is 36.8. The van der Waals surface area contributed by atoms with E-state index in [0.29, 0.717) is 45.5 Å². The van der Waals surface area contributed by atoms with Gasteiger partial charge in [-0.05, 0) is 97.1 Å². The number of methoxy groups -OCH3 is 2. The summed E-state index contributed by atoms with van der Waals surface area (Å²) in [6.45, 7) is 0. The van der Waals surface area contributed by atoms with Crippen molar-refractivity contribution >= 4 is 46.0 Å². The van der Waals surface area contributed by atoms with Gasteiger partial charge in [-0.2, -0.15) is 0 Å². The van der Waals surface area contributed by atoms with Gasteiger partial charge in [-0.3, -0.25) is 4.79 Å². The Bertz CT molecular complexity index is 2050. The van der Waals surface area contributed by atoms with Gasteiger partial charge in [0.25, 0.3) is 5.91 Å². The molecule has 0 fully saturated rings. The molecular weight excluding hydrogens is 642 g/mol. The molecular formula is C39H39N9O3. The highest BCUT2D eigenvalue weighted by Gasteiger charge is 2.11. The van der Waals surface area contributed by atoms with Gasteiger partial charge in [0.1, 0.15) is 22.9 Å². The molecule has 0 saturated carbocycles. The normalized spacial score (nSPS) is 11.9. The zero-order chi connectivity index (χ0) is 36.2. The highest BCUT2D eigenvalue weighted by atomic mass is 16.5. The van der Waals surface area contributed by atoms with Crippen LogP contribution in [0.3, 0.4) is 0 Å². The fourth-order valence-electron chi connectivity index (χ4n) is 4.71. The molecule has 0 heterocycles. The topological polar surface area (TPSA) is 128 Å². The van der Waals surface area contributed by atoms with Crippen LogP contribution in [-0.2, 0) is 0 Å². The molecule has 0 unspecified atom stereocenters. The maximum atomic E-state index is 13.3. The average molecular weight is 682 g/mol. The van der Waals surface area contributed by atoms with Crippen molar-refractivity contribution in [2.75, 3.05) is 52.2 Å². The van der Waals surface area contributed by atoms with Crippen LogP contribution in [0.1, 0.15) is 21.5 Å². The van der Waals surface area contributed by atoms with Crippen molar-refractivity contribution in [3.63, 3.8) is 0 Å². The van der Waals surface area contributed by atoms with E-state index < -0.39 is 5.91 Å². The summed E-state index contributed by atoms with van der Waals surface area (Å²) < 4.78 is 10.8. The summed E-state index contributed by atoms with van der Waals surface area (Å²) in [5.41, 5.74) is 8.13. The number of hydrogen-bond acceptors (Lipinski definition) is 9. The highest BCUT2D eigenvalue weighted by Crippen LogP contribution is 2.28. The first-order valence-electron chi connectivity index (χ1n) is 16.0. The third kappa shape index (κ3) is 9.48. The number of nitrogens with zero attached hydrogens (tertiary/aromatic N) is 8. The van der Waals surface area contributed by atoms with Gasteiger partial charge < -0.3 is 19.3 Å². The van der Waals surface area contributed by atoms with Crippen LogP contribution in [0.25, 0.3) is 0 Å². The predicted molar refractivity (Wildman–Crippen MR) is 203 cm³/mol. The lowest BCUT2D eigenvalue weighted by molar-refractivity contribution is 0.0955. The molecule has 0 saturated heterocycles. The van der Waals surface area contributed by atoms with Crippen molar-refractivity contribution in [1.82, 2.24) is 5.43 Å². The van der Waals surface area contributed by atoms with E-state index in [4.69, 9.17) is 14.5 Å². The van der Waals surface area contributed by atoms with Gasteiger partial charge in [-0.15, -0.1) is 25.6 Å². The van der Waals surface area contributed by atoms with E-state index in [2.05, 4.69) is 31.0 Å². The maximum Gasteiger partial charge on any atom is 0.271 e. The Hall–Kier alpha value is -6.69. The quantitative estimate of drug-likeness (QED) is 0.0647. The molecule has 0 radical (unpaired) electrons. The molecule has 5 aromatic rings. The molecule has 1 amide bonds. The number of aliphatic imine (C=N–C) groups is 1. The molecule has 5 rings (SSSR count). The zero-order valence-electron chi connectivity index (χ0n) is 29.3. The van der Waals surface area contributed by atoms with Crippen molar-refractivity contribution < 1.29 is 14.3 Å². The number of rotatable bonds is 11. The van der Waals surface area contributed by atoms with Crippen molar-refractivity contribution in [3.8, 4) is 11.5 Å². The molecule has 51 heavy (non-hydrogen) atoms. The predicted octanol–water partition coefficient (Wildman–Crippen LogP) is 8.57. The van der Waals surface area contributed by atoms with Crippen LogP contribution in [0, 0.1) is 0 Å². The van der Waals surface area contributed by atoms with Crippen LogP contribution in [0.5, 0.6) is 11.5 Å². The molecule has 12 nitrogen and oxygen atoms in total. The fourth-order valence-corrected chi connectivity index (χ4v) is 4.71. The van der Waals surface area contributed by atoms with Crippen molar-refractivity contribution in [3.05, 3.63) is 138 Å². The number of azo groups is 2. The van der Waals surface area contributed by atoms with Crippen molar-refractivity contribution in [1.29, 1.82) is 0 Å². The summed E-state index contributed by atoms with van der Waals surface area (Å²) in [7, 11) is 11.0. The Morgan fingerprint density at radius 1 is 0.549 bits per heavy atom. The third-order valence-corrected chi connectivity index (χ3v) is 7.59. The van der Waals surface area contributed by atoms with Crippen LogP contribution in [-0.4, -0.2) is 60.0 Å². The number of anilines is 2. The smallest absolute Gasteiger partial charge is 0.271 e. The molecule has 0 bridgehead atoms. The molecule has 0 aromatic heterocycles. The summed E-state index contributed by atoms with van der Waals surface area (Å²) in [5, 5.41) is 22.0. The van der Waals surface area contributed by atoms with Gasteiger partial charge in [-0.25, -0.2) is 10.4 Å². The van der Waals surface area contributed by atoms with Gasteiger partial charge in [0, 0.05) is 56.3 Å². The first kappa shape index (κ1) is 35.6. The molecule has 12 heteroatoms. The average Bonchev–Trinajstić information content (AvgIpc) is 3.17. The second kappa shape index (κ2) is 17.1. The number of nitrogens with one attached hydrogen (secondary N) is 1. The first-order chi connectivity index (χ1) is 24.7. The standard InChI is InChI=1S/C39H39N9O3/c1-47(2)31-23-17-27(18-24-31)37(43-41-33-11-7-9-13-35(33)50-5)40-30-21-15-29(16-22-30)39(49)46-45-38(28-19-25-32(26-20-28)48(3)4)44-42-34-12-8-10-14-36(34)51-6/h7-26H,1-6H3,(H,46,49)/b40-37?,43-41?,44-42?,45-38+. The van der Waals surface area contributed by atoms with Crippen LogP contribution in [0.15, 0.2) is 152 Å². The molecule has 0 aliphatic heterocycles. The number of carbonyl (C=O) groups excluding carboxylic acids is 1. The Morgan fingerprint density at radius 3 is 1.45 bits per heavy atom. The Morgan fingerprint density at radius 2 is 0.980 bits per heavy atom. The van der Waals surface area contributed by atoms with Crippen molar-refractivity contribution in [2.45, 2.75) is 0 Å². The van der Waals surface area contributed by atoms with Gasteiger partial charge >= 0.3 is 0 Å². The van der Waals surface area contributed by atoms with Crippen LogP contribution in [0.4, 0.5) is 28.4 Å². The molecule has 5 aromatic carbocycles. The summed E-state index contributed by atoms with van der Waals surface area (Å²) >= 11 is 0. The molecule has 0 atom stereocenters. The second-order valence-corrected chi connectivity index (χ2v) is 11.5. The highest BCUT2D eigenvalue weighted by molar-refractivity contribution is 6.02. The van der Waals surface area contributed by atoms with Crippen LogP contribution >= 0.6 is 0 Å². The van der Waals surface area contributed by atoms with E-state index in [0.717, 1.165) is 16.9 Å². The number of amides is 1. The minimum absolute atomic E-state index is 0.214. The molecule has 0 aliphatic rings. The Balaban J connectivity index is 1.41. The number of para-hydroxylation sites is 2. The molecule has 0 aliphatic carbocycles. The number of amidine groups is 2. The lowest BCUT2D eigenvalue weighted by atomic mass is 10.1. The molecule has 1 N–H and O–H groups in total. The summed E-state index contributed by atoms with van der Waals surface area (Å²) in [6.07, 6.45) is 0. The number of ether oxygens (including phenoxy) is 2. The van der Waals surface area contributed by atoms with E-state index in [1.165, 1.54) is 0 Å². The Labute approximate surface area is 297 Å². The lowest BCUT2D eigenvalue weighted by Crippen LogP contribution is -2.19. The fraction of sp³-hybridized carbons (Fsp3) is 0.154. The zero-order valence-corrected chi connectivity index (χ0v) is 29.3. The number of benzene rings is 5. The lowest BCUT2D eigenvalue weighted by Gasteiger charge is -2.12. The third-order valence-electron chi connectivity index (χ3n) is 7.59.